The molecule has 80 valence electrons. The van der Waals surface area contributed by atoms with Gasteiger partial charge in [0.15, 0.2) is 6.19 Å². The number of ether oxygens (including phenoxy) is 1. The van der Waals surface area contributed by atoms with Crippen molar-refractivity contribution in [2.75, 3.05) is 6.61 Å². The quantitative estimate of drug-likeness (QED) is 0.461. The number of rotatable bonds is 4. The van der Waals surface area contributed by atoms with Crippen molar-refractivity contribution in [1.29, 1.82) is 5.26 Å². The number of pyridine rings is 1. The highest BCUT2D eigenvalue weighted by atomic mass is 32.2. The van der Waals surface area contributed by atoms with E-state index < -0.39 is 9.71 Å². The predicted molar refractivity (Wildman–Crippen MR) is 57.7 cm³/mol. The van der Waals surface area contributed by atoms with Gasteiger partial charge >= 0.3 is 0 Å². The lowest BCUT2D eigenvalue weighted by atomic mass is 10.5. The van der Waals surface area contributed by atoms with Crippen molar-refractivity contribution in [2.24, 2.45) is 0 Å². The van der Waals surface area contributed by atoms with E-state index in [4.69, 9.17) is 10.00 Å². The molecule has 0 saturated carbocycles. The smallest absolute Gasteiger partial charge is 0.213 e. The van der Waals surface area contributed by atoms with Crippen LogP contribution in [0.1, 0.15) is 6.92 Å². The van der Waals surface area contributed by atoms with Gasteiger partial charge in [0.05, 0.1) is 21.2 Å². The van der Waals surface area contributed by atoms with Crippen molar-refractivity contribution < 1.29 is 8.95 Å². The Morgan fingerprint density at radius 1 is 1.73 bits per heavy atom. The van der Waals surface area contributed by atoms with Crippen LogP contribution in [0.5, 0.6) is 5.88 Å². The molecule has 1 aromatic heterocycles. The summed E-state index contributed by atoms with van der Waals surface area (Å²) in [6.45, 7) is 2.36. The van der Waals surface area contributed by atoms with Gasteiger partial charge in [-0.05, 0) is 18.9 Å². The third-order valence-corrected chi connectivity index (χ3v) is 3.02. The zero-order valence-corrected chi connectivity index (χ0v) is 9.08. The van der Waals surface area contributed by atoms with Crippen LogP contribution < -0.4 is 9.46 Å². The molecule has 0 aromatic carbocycles. The summed E-state index contributed by atoms with van der Waals surface area (Å²) in [6.07, 6.45) is 2.98. The van der Waals surface area contributed by atoms with E-state index >= 15 is 0 Å². The van der Waals surface area contributed by atoms with E-state index in [1.165, 1.54) is 6.20 Å². The van der Waals surface area contributed by atoms with Crippen LogP contribution in [0.3, 0.4) is 0 Å². The molecule has 0 amide bonds. The van der Waals surface area contributed by atoms with Gasteiger partial charge in [-0.3, -0.25) is 0 Å². The van der Waals surface area contributed by atoms with Crippen molar-refractivity contribution in [1.82, 2.24) is 9.71 Å². The van der Waals surface area contributed by atoms with Gasteiger partial charge < -0.3 is 4.74 Å². The Bertz CT molecular complexity index is 459. The van der Waals surface area contributed by atoms with Crippen molar-refractivity contribution in [2.45, 2.75) is 11.8 Å². The van der Waals surface area contributed by atoms with Gasteiger partial charge in [0.1, 0.15) is 0 Å². The van der Waals surface area contributed by atoms with Crippen LogP contribution in [0.15, 0.2) is 23.2 Å². The zero-order valence-electron chi connectivity index (χ0n) is 8.27. The van der Waals surface area contributed by atoms with Crippen LogP contribution in [0.2, 0.25) is 0 Å². The second-order valence-corrected chi connectivity index (χ2v) is 4.68. The van der Waals surface area contributed by atoms with Gasteiger partial charge in [-0.1, -0.05) is 0 Å². The molecule has 1 heterocycles. The highest BCUT2D eigenvalue weighted by Crippen LogP contribution is 2.11. The molecule has 1 unspecified atom stereocenters. The van der Waals surface area contributed by atoms with Gasteiger partial charge in [0.25, 0.3) is 0 Å². The molecule has 0 saturated heterocycles. The van der Waals surface area contributed by atoms with E-state index in [2.05, 4.69) is 15.6 Å². The van der Waals surface area contributed by atoms with Crippen LogP contribution >= 0.6 is 0 Å². The number of nitrogens with zero attached hydrogens (tertiary/aromatic N) is 2. The van der Waals surface area contributed by atoms with Crippen LogP contribution in [0.25, 0.3) is 0 Å². The molecule has 0 aliphatic rings. The second-order valence-electron chi connectivity index (χ2n) is 2.65. The minimum absolute atomic E-state index is 0.368. The Kier molecular flexibility index (Phi) is 3.52. The number of nitriles is 1. The van der Waals surface area contributed by atoms with Gasteiger partial charge in [-0.15, -0.1) is 0 Å². The lowest BCUT2D eigenvalue weighted by molar-refractivity contribution is 0.326. The van der Waals surface area contributed by atoms with E-state index in [1.54, 1.807) is 18.3 Å². The number of nitrogens with one attached hydrogen (secondary N) is 1. The van der Waals surface area contributed by atoms with Crippen LogP contribution in [-0.4, -0.2) is 21.7 Å². The Labute approximate surface area is 88.8 Å². The van der Waals surface area contributed by atoms with E-state index in [-0.39, 0.29) is 0 Å². The van der Waals surface area contributed by atoms with Gasteiger partial charge in [-0.25, -0.2) is 13.9 Å². The monoisotopic (exact) mass is 225 g/mol. The van der Waals surface area contributed by atoms with Crippen LogP contribution in [0, 0.1) is 11.5 Å². The summed E-state index contributed by atoms with van der Waals surface area (Å²) in [7, 11) is -2.77. The molecular formula is C9H11N3O2S. The highest BCUT2D eigenvalue weighted by Gasteiger charge is 2.06. The number of aromatic nitrogens is 1. The van der Waals surface area contributed by atoms with Crippen LogP contribution in [-0.2, 0) is 9.71 Å². The molecule has 0 fully saturated rings. The first-order valence-electron chi connectivity index (χ1n) is 4.22. The van der Waals surface area contributed by atoms with Crippen molar-refractivity contribution in [3.05, 3.63) is 18.3 Å². The molecule has 15 heavy (non-hydrogen) atoms. The first kappa shape index (κ1) is 11.3. The van der Waals surface area contributed by atoms with Gasteiger partial charge in [-0.2, -0.15) is 5.26 Å². The summed E-state index contributed by atoms with van der Waals surface area (Å²) in [6, 6.07) is 3.15. The highest BCUT2D eigenvalue weighted by molar-refractivity contribution is 7.98. The summed E-state index contributed by atoms with van der Waals surface area (Å²) in [5, 5.41) is 8.38. The van der Waals surface area contributed by atoms with Gasteiger partial charge in [0.2, 0.25) is 5.88 Å². The fourth-order valence-electron chi connectivity index (χ4n) is 0.928. The van der Waals surface area contributed by atoms with Crippen molar-refractivity contribution in [3.8, 4) is 12.1 Å². The average Bonchev–Trinajstić information content (AvgIpc) is 2.19. The molecule has 0 bridgehead atoms. The number of hydrogen-bond donors (Lipinski definition) is 1. The molecule has 0 radical (unpaired) electrons. The van der Waals surface area contributed by atoms with Crippen molar-refractivity contribution >= 4 is 15.6 Å². The molecule has 6 heteroatoms. The zero-order chi connectivity index (χ0) is 11.3. The standard InChI is InChI=1S/C9H11N3O2S/c1-3-14-9-5-4-8(6-11-9)15(2,13)12-7-10/h4-6H,2-3H2,1H3,(H,12,13). The molecule has 5 nitrogen and oxygen atoms in total. The summed E-state index contributed by atoms with van der Waals surface area (Å²) in [5.41, 5.74) is 0. The van der Waals surface area contributed by atoms with Crippen LogP contribution in [0.4, 0.5) is 0 Å². The summed E-state index contributed by atoms with van der Waals surface area (Å²) < 4.78 is 19.0. The van der Waals surface area contributed by atoms with E-state index in [0.717, 1.165) is 0 Å². The van der Waals surface area contributed by atoms with E-state index in [0.29, 0.717) is 17.4 Å². The lowest BCUT2D eigenvalue weighted by Gasteiger charge is -2.06. The minimum atomic E-state index is -2.77. The Morgan fingerprint density at radius 2 is 2.47 bits per heavy atom. The van der Waals surface area contributed by atoms with Crippen molar-refractivity contribution in [3.63, 3.8) is 0 Å². The largest absolute Gasteiger partial charge is 0.478 e. The summed E-state index contributed by atoms with van der Waals surface area (Å²) in [4.78, 5) is 4.29. The SMILES string of the molecule is C=S(=O)(NC#N)c1ccc(OCC)nc1. The molecule has 1 rings (SSSR count). The van der Waals surface area contributed by atoms with E-state index in [9.17, 15) is 4.21 Å². The third-order valence-electron chi connectivity index (χ3n) is 1.59. The summed E-state index contributed by atoms with van der Waals surface area (Å²) in [5.74, 6) is 3.87. The fraction of sp³-hybridized carbons (Fsp3) is 0.222. The molecule has 1 atom stereocenters. The first-order valence-corrected chi connectivity index (χ1v) is 5.95. The summed E-state index contributed by atoms with van der Waals surface area (Å²) >= 11 is 0. The molecular weight excluding hydrogens is 214 g/mol. The Balaban J connectivity index is 2.95. The Morgan fingerprint density at radius 3 is 2.93 bits per heavy atom. The first-order chi connectivity index (χ1) is 7.10. The molecule has 0 aliphatic carbocycles. The maximum absolute atomic E-state index is 11.7. The Hall–Kier alpha value is -1.74. The minimum Gasteiger partial charge on any atom is -0.478 e. The number of hydrogen-bond acceptors (Lipinski definition) is 4. The maximum Gasteiger partial charge on any atom is 0.213 e. The van der Waals surface area contributed by atoms with Gasteiger partial charge in [0, 0.05) is 12.3 Å². The third kappa shape index (κ3) is 2.86. The fourth-order valence-corrected chi connectivity index (χ4v) is 1.70. The molecule has 1 aromatic rings. The van der Waals surface area contributed by atoms with E-state index in [1.807, 2.05) is 6.92 Å². The maximum atomic E-state index is 11.7. The second kappa shape index (κ2) is 4.66. The predicted octanol–water partition coefficient (Wildman–Crippen LogP) is 0.541. The molecule has 0 aliphatic heterocycles. The lowest BCUT2D eigenvalue weighted by Crippen LogP contribution is -2.17. The topological polar surface area (TPSA) is 75.0 Å². The molecule has 1 N–H and O–H groups in total. The average molecular weight is 225 g/mol. The normalized spacial score (nSPS) is 13.6. The molecule has 0 spiro atoms.